The zero-order valence-electron chi connectivity index (χ0n) is 18.0. The van der Waals surface area contributed by atoms with Gasteiger partial charge in [0.15, 0.2) is 11.5 Å². The second-order valence-electron chi connectivity index (χ2n) is 6.95. The molecule has 0 spiro atoms. The average Bonchev–Trinajstić information content (AvgIpc) is 2.82. The minimum absolute atomic E-state index is 0.0619. The Bertz CT molecular complexity index is 1320. The van der Waals surface area contributed by atoms with Gasteiger partial charge < -0.3 is 9.47 Å². The number of nitro benzene ring substituents is 1. The van der Waals surface area contributed by atoms with Crippen molar-refractivity contribution in [2.24, 2.45) is 5.10 Å². The Morgan fingerprint density at radius 3 is 2.63 bits per heavy atom. The lowest BCUT2D eigenvalue weighted by atomic mass is 10.1. The Kier molecular flexibility index (Phi) is 7.78. The number of rotatable bonds is 8. The van der Waals surface area contributed by atoms with Crippen LogP contribution in [0.3, 0.4) is 0 Å². The van der Waals surface area contributed by atoms with Crippen molar-refractivity contribution in [2.45, 2.75) is 12.8 Å². The van der Waals surface area contributed by atoms with Crippen molar-refractivity contribution in [3.63, 3.8) is 0 Å². The standard InChI is InChI=1S/C23H16ClF3N4O4/c1-34-21-9-14(8-18(24)22(21)35-13-16-5-3-2-4-15(16)11-28)12-29-30-19-7-6-17(23(25,26)27)10-20(19)31(32)33/h2-10,12,30H,13H2,1H3/b29-12-. The number of alkyl halides is 3. The molecule has 0 radical (unpaired) electrons. The van der Waals surface area contributed by atoms with E-state index in [1.165, 1.54) is 25.5 Å². The summed E-state index contributed by atoms with van der Waals surface area (Å²) in [6.45, 7) is 0.0619. The molecule has 180 valence electrons. The van der Waals surface area contributed by atoms with Crippen LogP contribution in [-0.4, -0.2) is 18.2 Å². The van der Waals surface area contributed by atoms with E-state index in [9.17, 15) is 28.5 Å². The largest absolute Gasteiger partial charge is 0.493 e. The summed E-state index contributed by atoms with van der Waals surface area (Å²) in [6.07, 6.45) is -3.47. The fourth-order valence-corrected chi connectivity index (χ4v) is 3.26. The molecule has 0 fully saturated rings. The highest BCUT2D eigenvalue weighted by atomic mass is 35.5. The van der Waals surface area contributed by atoms with Gasteiger partial charge >= 0.3 is 6.18 Å². The van der Waals surface area contributed by atoms with Gasteiger partial charge in [-0.15, -0.1) is 0 Å². The van der Waals surface area contributed by atoms with Crippen molar-refractivity contribution in [1.29, 1.82) is 5.26 Å². The first-order valence-corrected chi connectivity index (χ1v) is 10.1. The lowest BCUT2D eigenvalue weighted by molar-refractivity contribution is -0.384. The third-order valence-corrected chi connectivity index (χ3v) is 4.96. The van der Waals surface area contributed by atoms with E-state index in [4.69, 9.17) is 21.1 Å². The summed E-state index contributed by atoms with van der Waals surface area (Å²) in [6, 6.07) is 14.1. The third kappa shape index (κ3) is 6.18. The molecule has 0 saturated heterocycles. The van der Waals surface area contributed by atoms with Gasteiger partial charge in [0.05, 0.1) is 40.5 Å². The molecule has 35 heavy (non-hydrogen) atoms. The SMILES string of the molecule is COc1cc(/C=N\Nc2ccc(C(F)(F)F)cc2[N+](=O)[O-])cc(Cl)c1OCc1ccccc1C#N. The molecule has 3 aromatic rings. The van der Waals surface area contributed by atoms with Gasteiger partial charge in [0, 0.05) is 11.6 Å². The van der Waals surface area contributed by atoms with E-state index in [0.29, 0.717) is 28.8 Å². The molecule has 3 aromatic carbocycles. The van der Waals surface area contributed by atoms with Gasteiger partial charge in [-0.25, -0.2) is 0 Å². The highest BCUT2D eigenvalue weighted by molar-refractivity contribution is 6.32. The highest BCUT2D eigenvalue weighted by Crippen LogP contribution is 2.37. The zero-order valence-corrected chi connectivity index (χ0v) is 18.7. The molecule has 0 atom stereocenters. The van der Waals surface area contributed by atoms with E-state index >= 15 is 0 Å². The lowest BCUT2D eigenvalue weighted by Crippen LogP contribution is -2.06. The van der Waals surface area contributed by atoms with Crippen LogP contribution in [0.4, 0.5) is 24.5 Å². The van der Waals surface area contributed by atoms with E-state index in [1.54, 1.807) is 24.3 Å². The maximum absolute atomic E-state index is 12.8. The van der Waals surface area contributed by atoms with Crippen LogP contribution in [0.25, 0.3) is 0 Å². The Morgan fingerprint density at radius 1 is 1.23 bits per heavy atom. The molecule has 0 heterocycles. The number of methoxy groups -OCH3 is 1. The minimum atomic E-state index is -4.72. The summed E-state index contributed by atoms with van der Waals surface area (Å²) in [5, 5.41) is 24.4. The molecule has 0 aliphatic heterocycles. The van der Waals surface area contributed by atoms with Gasteiger partial charge in [0.25, 0.3) is 5.69 Å². The maximum Gasteiger partial charge on any atom is 0.416 e. The van der Waals surface area contributed by atoms with Crippen molar-refractivity contribution in [1.82, 2.24) is 0 Å². The zero-order chi connectivity index (χ0) is 25.6. The fraction of sp³-hybridized carbons (Fsp3) is 0.130. The van der Waals surface area contributed by atoms with Crippen LogP contribution >= 0.6 is 11.6 Å². The van der Waals surface area contributed by atoms with Crippen molar-refractivity contribution in [2.75, 3.05) is 12.5 Å². The predicted molar refractivity (Wildman–Crippen MR) is 123 cm³/mol. The van der Waals surface area contributed by atoms with Crippen molar-refractivity contribution in [3.05, 3.63) is 92.0 Å². The number of anilines is 1. The van der Waals surface area contributed by atoms with Crippen molar-refractivity contribution < 1.29 is 27.6 Å². The number of nitrogens with one attached hydrogen (secondary N) is 1. The lowest BCUT2D eigenvalue weighted by Gasteiger charge is -2.14. The maximum atomic E-state index is 12.8. The number of ether oxygens (including phenoxy) is 2. The Labute approximate surface area is 202 Å². The minimum Gasteiger partial charge on any atom is -0.493 e. The van der Waals surface area contributed by atoms with Crippen LogP contribution in [0.15, 0.2) is 59.7 Å². The van der Waals surface area contributed by atoms with E-state index in [0.717, 1.165) is 6.07 Å². The topological polar surface area (TPSA) is 110 Å². The number of halogens is 4. The summed E-state index contributed by atoms with van der Waals surface area (Å²) in [7, 11) is 1.40. The smallest absolute Gasteiger partial charge is 0.416 e. The first kappa shape index (κ1) is 25.3. The fourth-order valence-electron chi connectivity index (χ4n) is 2.99. The van der Waals surface area contributed by atoms with E-state index in [1.807, 2.05) is 0 Å². The first-order chi connectivity index (χ1) is 16.6. The number of benzene rings is 3. The Balaban J connectivity index is 1.79. The van der Waals surface area contributed by atoms with E-state index in [-0.39, 0.29) is 28.8 Å². The average molecular weight is 505 g/mol. The van der Waals surface area contributed by atoms with Gasteiger partial charge in [-0.1, -0.05) is 29.8 Å². The Hall–Kier alpha value is -4.30. The summed E-state index contributed by atoms with van der Waals surface area (Å²) < 4.78 is 49.6. The number of hydrogen-bond donors (Lipinski definition) is 1. The van der Waals surface area contributed by atoms with Gasteiger partial charge in [-0.2, -0.15) is 23.5 Å². The summed E-state index contributed by atoms with van der Waals surface area (Å²) in [4.78, 5) is 10.2. The first-order valence-electron chi connectivity index (χ1n) is 9.77. The van der Waals surface area contributed by atoms with Crippen molar-refractivity contribution in [3.8, 4) is 17.6 Å². The molecule has 0 saturated carbocycles. The number of nitriles is 1. The van der Waals surface area contributed by atoms with Gasteiger partial charge in [-0.05, 0) is 35.9 Å². The summed E-state index contributed by atoms with van der Waals surface area (Å²) >= 11 is 6.33. The summed E-state index contributed by atoms with van der Waals surface area (Å²) in [5.41, 5.74) is 1.73. The van der Waals surface area contributed by atoms with Crippen LogP contribution in [0.5, 0.6) is 11.5 Å². The molecule has 0 aliphatic carbocycles. The predicted octanol–water partition coefficient (Wildman–Crippen LogP) is 6.17. The van der Waals surface area contributed by atoms with Crippen LogP contribution in [0, 0.1) is 21.4 Å². The normalized spacial score (nSPS) is 11.2. The molecule has 0 amide bonds. The van der Waals surface area contributed by atoms with E-state index in [2.05, 4.69) is 16.6 Å². The van der Waals surface area contributed by atoms with E-state index < -0.39 is 22.4 Å². The summed E-state index contributed by atoms with van der Waals surface area (Å²) in [5.74, 6) is 0.485. The molecule has 0 bridgehead atoms. The number of hydrogen-bond acceptors (Lipinski definition) is 7. The molecule has 0 unspecified atom stereocenters. The van der Waals surface area contributed by atoms with Crippen LogP contribution in [0.2, 0.25) is 5.02 Å². The van der Waals surface area contributed by atoms with Crippen molar-refractivity contribution >= 4 is 29.2 Å². The van der Waals surface area contributed by atoms with Crippen LogP contribution in [-0.2, 0) is 12.8 Å². The molecule has 0 aliphatic rings. The second-order valence-corrected chi connectivity index (χ2v) is 7.36. The molecule has 12 heteroatoms. The molecular formula is C23H16ClF3N4O4. The van der Waals surface area contributed by atoms with Gasteiger partial charge in [-0.3, -0.25) is 15.5 Å². The Morgan fingerprint density at radius 2 is 1.97 bits per heavy atom. The van der Waals surface area contributed by atoms with Gasteiger partial charge in [0.1, 0.15) is 12.3 Å². The molecule has 0 aromatic heterocycles. The monoisotopic (exact) mass is 504 g/mol. The number of nitrogens with zero attached hydrogens (tertiary/aromatic N) is 3. The molecular weight excluding hydrogens is 489 g/mol. The van der Waals surface area contributed by atoms with Crippen LogP contribution in [0.1, 0.15) is 22.3 Å². The van der Waals surface area contributed by atoms with Crippen LogP contribution < -0.4 is 14.9 Å². The highest BCUT2D eigenvalue weighted by Gasteiger charge is 2.33. The molecule has 8 nitrogen and oxygen atoms in total. The number of hydrazone groups is 1. The van der Waals surface area contributed by atoms with Gasteiger partial charge in [0.2, 0.25) is 0 Å². The quantitative estimate of drug-likeness (QED) is 0.223. The number of nitro groups is 1. The molecule has 3 rings (SSSR count). The third-order valence-electron chi connectivity index (χ3n) is 4.68. The second kappa shape index (κ2) is 10.8. The molecule has 1 N–H and O–H groups in total.